The molecule has 2 N–H and O–H groups in total. The summed E-state index contributed by atoms with van der Waals surface area (Å²) in [7, 11) is 0. The topological polar surface area (TPSA) is 57.8 Å². The predicted molar refractivity (Wildman–Crippen MR) is 104 cm³/mol. The summed E-state index contributed by atoms with van der Waals surface area (Å²) in [5.41, 5.74) is 2.70. The number of hydrogen-bond donors (Lipinski definition) is 2. The molecule has 2 aromatic heterocycles. The maximum atomic E-state index is 12.6. The second kappa shape index (κ2) is 6.70. The number of aromatic amines is 1. The van der Waals surface area contributed by atoms with Crippen molar-refractivity contribution < 1.29 is 0 Å². The highest BCUT2D eigenvalue weighted by atomic mass is 35.5. The highest BCUT2D eigenvalue weighted by Gasteiger charge is 2.12. The first-order valence-electron chi connectivity index (χ1n) is 7.76. The van der Waals surface area contributed by atoms with Crippen molar-refractivity contribution >= 4 is 38.8 Å². The van der Waals surface area contributed by atoms with E-state index in [1.165, 1.54) is 11.3 Å². The Labute approximate surface area is 153 Å². The standard InChI is InChI=1S/C19H14ClN3OS/c20-13-7-4-8-14(9-13)21-10-16-22-18(24)17-15(11-25-19(17)23-16)12-5-2-1-3-6-12/h1-9,11,21H,10H2,(H,22,23,24). The fraction of sp³-hybridized carbons (Fsp3) is 0.0526. The molecule has 0 aliphatic carbocycles. The van der Waals surface area contributed by atoms with Crippen LogP contribution in [0.5, 0.6) is 0 Å². The second-order valence-electron chi connectivity index (χ2n) is 5.57. The molecule has 0 saturated heterocycles. The number of hydrogen-bond acceptors (Lipinski definition) is 4. The Kier molecular flexibility index (Phi) is 4.26. The van der Waals surface area contributed by atoms with Gasteiger partial charge in [-0.2, -0.15) is 0 Å². The number of anilines is 1. The first kappa shape index (κ1) is 15.9. The summed E-state index contributed by atoms with van der Waals surface area (Å²) >= 11 is 7.46. The number of aromatic nitrogens is 2. The van der Waals surface area contributed by atoms with Crippen LogP contribution in [-0.2, 0) is 6.54 Å². The highest BCUT2D eigenvalue weighted by Crippen LogP contribution is 2.30. The van der Waals surface area contributed by atoms with Crippen molar-refractivity contribution in [3.63, 3.8) is 0 Å². The highest BCUT2D eigenvalue weighted by molar-refractivity contribution is 7.17. The molecule has 0 unspecified atom stereocenters. The van der Waals surface area contributed by atoms with Crippen LogP contribution in [0.15, 0.2) is 64.8 Å². The second-order valence-corrected chi connectivity index (χ2v) is 6.87. The fourth-order valence-corrected chi connectivity index (χ4v) is 3.85. The first-order valence-corrected chi connectivity index (χ1v) is 9.02. The number of nitrogens with one attached hydrogen (secondary N) is 2. The van der Waals surface area contributed by atoms with Crippen LogP contribution in [0.3, 0.4) is 0 Å². The van der Waals surface area contributed by atoms with E-state index in [1.807, 2.05) is 60.0 Å². The molecule has 0 radical (unpaired) electrons. The number of thiophene rings is 1. The molecule has 0 atom stereocenters. The minimum Gasteiger partial charge on any atom is -0.378 e. The van der Waals surface area contributed by atoms with Gasteiger partial charge in [0.2, 0.25) is 0 Å². The van der Waals surface area contributed by atoms with Crippen LogP contribution >= 0.6 is 22.9 Å². The van der Waals surface area contributed by atoms with E-state index in [1.54, 1.807) is 0 Å². The Balaban J connectivity index is 1.66. The lowest BCUT2D eigenvalue weighted by Crippen LogP contribution is -2.14. The maximum absolute atomic E-state index is 12.6. The Morgan fingerprint density at radius 3 is 2.76 bits per heavy atom. The molecular formula is C19H14ClN3OS. The quantitative estimate of drug-likeness (QED) is 0.538. The van der Waals surface area contributed by atoms with Crippen molar-refractivity contribution in [2.24, 2.45) is 0 Å². The summed E-state index contributed by atoms with van der Waals surface area (Å²) in [5, 5.41) is 6.50. The third-order valence-electron chi connectivity index (χ3n) is 3.86. The van der Waals surface area contributed by atoms with Gasteiger partial charge in [-0.25, -0.2) is 4.98 Å². The molecule has 124 valence electrons. The molecule has 4 nitrogen and oxygen atoms in total. The molecule has 4 rings (SSSR count). The van der Waals surface area contributed by atoms with E-state index >= 15 is 0 Å². The number of fused-ring (bicyclic) bond motifs is 1. The number of halogens is 1. The van der Waals surface area contributed by atoms with Gasteiger partial charge in [-0.15, -0.1) is 11.3 Å². The number of H-pyrrole nitrogens is 1. The van der Waals surface area contributed by atoms with Gasteiger partial charge in [0, 0.05) is 21.7 Å². The molecule has 4 aromatic rings. The van der Waals surface area contributed by atoms with Crippen molar-refractivity contribution in [1.82, 2.24) is 9.97 Å². The van der Waals surface area contributed by atoms with Crippen LogP contribution in [-0.4, -0.2) is 9.97 Å². The largest absolute Gasteiger partial charge is 0.378 e. The van der Waals surface area contributed by atoms with Crippen LogP contribution in [0.4, 0.5) is 5.69 Å². The minimum absolute atomic E-state index is 0.118. The van der Waals surface area contributed by atoms with E-state index in [9.17, 15) is 4.79 Å². The lowest BCUT2D eigenvalue weighted by molar-refractivity contribution is 0.957. The summed E-state index contributed by atoms with van der Waals surface area (Å²) in [5.74, 6) is 0.596. The van der Waals surface area contributed by atoms with E-state index in [2.05, 4.69) is 15.3 Å². The van der Waals surface area contributed by atoms with Crippen molar-refractivity contribution in [3.05, 3.63) is 81.2 Å². The molecule has 0 fully saturated rings. The molecule has 2 aromatic carbocycles. The normalized spacial score (nSPS) is 10.9. The van der Waals surface area contributed by atoms with E-state index in [4.69, 9.17) is 11.6 Å². The van der Waals surface area contributed by atoms with E-state index < -0.39 is 0 Å². The van der Waals surface area contributed by atoms with Crippen molar-refractivity contribution in [1.29, 1.82) is 0 Å². The summed E-state index contributed by atoms with van der Waals surface area (Å²) in [4.78, 5) is 20.8. The van der Waals surface area contributed by atoms with E-state index in [0.717, 1.165) is 21.6 Å². The SMILES string of the molecule is O=c1[nH]c(CNc2cccc(Cl)c2)nc2scc(-c3ccccc3)c12. The molecule has 0 amide bonds. The molecule has 0 spiro atoms. The van der Waals surface area contributed by atoms with Crippen molar-refractivity contribution in [3.8, 4) is 11.1 Å². The van der Waals surface area contributed by atoms with Crippen molar-refractivity contribution in [2.45, 2.75) is 6.54 Å². The smallest absolute Gasteiger partial charge is 0.260 e. The average Bonchev–Trinajstić information content (AvgIpc) is 3.05. The minimum atomic E-state index is -0.118. The molecule has 0 aliphatic heterocycles. The van der Waals surface area contributed by atoms with Gasteiger partial charge in [0.15, 0.2) is 0 Å². The van der Waals surface area contributed by atoms with Gasteiger partial charge < -0.3 is 10.3 Å². The van der Waals surface area contributed by atoms with Crippen LogP contribution in [0.1, 0.15) is 5.82 Å². The van der Waals surface area contributed by atoms with Crippen LogP contribution in [0.25, 0.3) is 21.3 Å². The number of nitrogens with zero attached hydrogens (tertiary/aromatic N) is 1. The maximum Gasteiger partial charge on any atom is 0.260 e. The summed E-state index contributed by atoms with van der Waals surface area (Å²) in [6.07, 6.45) is 0. The van der Waals surface area contributed by atoms with E-state index in [-0.39, 0.29) is 5.56 Å². The zero-order valence-electron chi connectivity index (χ0n) is 13.1. The fourth-order valence-electron chi connectivity index (χ4n) is 2.69. The number of rotatable bonds is 4. The molecule has 0 saturated carbocycles. The molecule has 6 heteroatoms. The van der Waals surface area contributed by atoms with Crippen LogP contribution in [0, 0.1) is 0 Å². The molecule has 25 heavy (non-hydrogen) atoms. The Morgan fingerprint density at radius 2 is 1.96 bits per heavy atom. The van der Waals surface area contributed by atoms with Crippen molar-refractivity contribution in [2.75, 3.05) is 5.32 Å². The monoisotopic (exact) mass is 367 g/mol. The Hall–Kier alpha value is -2.63. The summed E-state index contributed by atoms with van der Waals surface area (Å²) < 4.78 is 0. The zero-order valence-corrected chi connectivity index (χ0v) is 14.7. The zero-order chi connectivity index (χ0) is 17.2. The Morgan fingerprint density at radius 1 is 1.12 bits per heavy atom. The number of benzene rings is 2. The van der Waals surface area contributed by atoms with Crippen LogP contribution < -0.4 is 10.9 Å². The summed E-state index contributed by atoms with van der Waals surface area (Å²) in [6.45, 7) is 0.421. The molecule has 0 bridgehead atoms. The predicted octanol–water partition coefficient (Wildman–Crippen LogP) is 4.92. The van der Waals surface area contributed by atoms with Gasteiger partial charge in [-0.3, -0.25) is 4.79 Å². The lowest BCUT2D eigenvalue weighted by atomic mass is 10.1. The van der Waals surface area contributed by atoms with Gasteiger partial charge in [0.25, 0.3) is 5.56 Å². The van der Waals surface area contributed by atoms with Gasteiger partial charge in [0.1, 0.15) is 10.7 Å². The van der Waals surface area contributed by atoms with Gasteiger partial charge >= 0.3 is 0 Å². The Bertz CT molecular complexity index is 1090. The van der Waals surface area contributed by atoms with E-state index in [0.29, 0.717) is 22.8 Å². The van der Waals surface area contributed by atoms with Gasteiger partial charge in [-0.1, -0.05) is 48.0 Å². The molecule has 2 heterocycles. The molecule has 0 aliphatic rings. The average molecular weight is 368 g/mol. The van der Waals surface area contributed by atoms with Crippen LogP contribution in [0.2, 0.25) is 5.02 Å². The molecular weight excluding hydrogens is 354 g/mol. The third kappa shape index (κ3) is 3.29. The van der Waals surface area contributed by atoms with Gasteiger partial charge in [-0.05, 0) is 23.8 Å². The first-order chi connectivity index (χ1) is 12.2. The summed E-state index contributed by atoms with van der Waals surface area (Å²) in [6, 6.07) is 17.3. The third-order valence-corrected chi connectivity index (χ3v) is 4.97. The van der Waals surface area contributed by atoms with Gasteiger partial charge in [0.05, 0.1) is 11.9 Å². The lowest BCUT2D eigenvalue weighted by Gasteiger charge is -2.06.